The summed E-state index contributed by atoms with van der Waals surface area (Å²) in [4.78, 5) is 2.38. The number of anilines is 1. The largest absolute Gasteiger partial charge is 0.367 e. The van der Waals surface area contributed by atoms with Crippen molar-refractivity contribution in [3.05, 3.63) is 42.0 Å². The molecule has 0 saturated heterocycles. The summed E-state index contributed by atoms with van der Waals surface area (Å²) in [6.45, 7) is 5.97. The number of alkyl halides is 1. The van der Waals surface area contributed by atoms with E-state index in [1.165, 1.54) is 24.1 Å². The first-order valence-corrected chi connectivity index (χ1v) is 5.90. The molecule has 0 atom stereocenters. The van der Waals surface area contributed by atoms with Crippen LogP contribution in [0.4, 0.5) is 5.69 Å². The van der Waals surface area contributed by atoms with Crippen molar-refractivity contribution in [3.8, 4) is 0 Å². The van der Waals surface area contributed by atoms with Crippen molar-refractivity contribution in [3.63, 3.8) is 0 Å². The zero-order chi connectivity index (χ0) is 10.7. The molecule has 1 aromatic rings. The Labute approximate surface area is 96.4 Å². The van der Waals surface area contributed by atoms with Crippen molar-refractivity contribution in [1.29, 1.82) is 0 Å². The molecule has 0 bridgehead atoms. The normalized spacial score (nSPS) is 14.9. The molecular formula is C13H16ClN. The Morgan fingerprint density at radius 2 is 2.20 bits per heavy atom. The van der Waals surface area contributed by atoms with Crippen molar-refractivity contribution >= 4 is 17.3 Å². The standard InChI is InChI=1S/C13H16ClN/c1-11(9-14)10-15-8-4-6-12-5-2-3-7-13(12)15/h2-3,5,7H,1,4,6,8-10H2. The van der Waals surface area contributed by atoms with E-state index >= 15 is 0 Å². The summed E-state index contributed by atoms with van der Waals surface area (Å²) >= 11 is 5.77. The van der Waals surface area contributed by atoms with Crippen LogP contribution in [0.15, 0.2) is 36.4 Å². The molecule has 0 amide bonds. The quantitative estimate of drug-likeness (QED) is 0.560. The van der Waals surface area contributed by atoms with Crippen LogP contribution in [0.2, 0.25) is 0 Å². The lowest BCUT2D eigenvalue weighted by molar-refractivity contribution is 0.715. The summed E-state index contributed by atoms with van der Waals surface area (Å²) in [6.07, 6.45) is 2.42. The van der Waals surface area contributed by atoms with Gasteiger partial charge < -0.3 is 4.90 Å². The van der Waals surface area contributed by atoms with Gasteiger partial charge in [-0.05, 0) is 30.0 Å². The van der Waals surface area contributed by atoms with Crippen LogP contribution < -0.4 is 4.90 Å². The molecule has 0 aliphatic carbocycles. The van der Waals surface area contributed by atoms with Crippen molar-refractivity contribution in [2.75, 3.05) is 23.9 Å². The molecule has 2 rings (SSSR count). The van der Waals surface area contributed by atoms with E-state index in [9.17, 15) is 0 Å². The van der Waals surface area contributed by atoms with Crippen LogP contribution in [0.25, 0.3) is 0 Å². The third-order valence-corrected chi connectivity index (χ3v) is 3.19. The van der Waals surface area contributed by atoms with Gasteiger partial charge in [0.1, 0.15) is 0 Å². The fourth-order valence-electron chi connectivity index (χ4n) is 2.09. The van der Waals surface area contributed by atoms with Gasteiger partial charge in [0, 0.05) is 24.7 Å². The average Bonchev–Trinajstić information content (AvgIpc) is 2.29. The van der Waals surface area contributed by atoms with Gasteiger partial charge in [0.2, 0.25) is 0 Å². The highest BCUT2D eigenvalue weighted by atomic mass is 35.5. The lowest BCUT2D eigenvalue weighted by Gasteiger charge is -2.31. The van der Waals surface area contributed by atoms with Gasteiger partial charge in [-0.2, -0.15) is 0 Å². The Balaban J connectivity index is 2.18. The monoisotopic (exact) mass is 221 g/mol. The predicted octanol–water partition coefficient (Wildman–Crippen LogP) is 3.23. The second-order valence-corrected chi connectivity index (χ2v) is 4.30. The van der Waals surface area contributed by atoms with Gasteiger partial charge >= 0.3 is 0 Å². The number of hydrogen-bond acceptors (Lipinski definition) is 1. The molecule has 1 aliphatic heterocycles. The Morgan fingerprint density at radius 3 is 3.00 bits per heavy atom. The van der Waals surface area contributed by atoms with Gasteiger partial charge in [0.15, 0.2) is 0 Å². The Kier molecular flexibility index (Phi) is 3.32. The third-order valence-electron chi connectivity index (χ3n) is 2.81. The molecule has 15 heavy (non-hydrogen) atoms. The summed E-state index contributed by atoms with van der Waals surface area (Å²) < 4.78 is 0. The van der Waals surface area contributed by atoms with Crippen LogP contribution >= 0.6 is 11.6 Å². The molecule has 1 nitrogen and oxygen atoms in total. The molecule has 0 spiro atoms. The highest BCUT2D eigenvalue weighted by Gasteiger charge is 2.15. The van der Waals surface area contributed by atoms with E-state index in [1.807, 2.05) is 0 Å². The molecule has 0 saturated carbocycles. The number of hydrogen-bond donors (Lipinski definition) is 0. The Bertz CT molecular complexity index is 359. The molecule has 1 aromatic carbocycles. The molecule has 0 radical (unpaired) electrons. The third kappa shape index (κ3) is 2.35. The summed E-state index contributed by atoms with van der Waals surface area (Å²) in [7, 11) is 0. The lowest BCUT2D eigenvalue weighted by Crippen LogP contribution is -2.31. The molecule has 1 aliphatic rings. The van der Waals surface area contributed by atoms with E-state index in [0.29, 0.717) is 5.88 Å². The Hall–Kier alpha value is -0.950. The first-order chi connectivity index (χ1) is 7.31. The van der Waals surface area contributed by atoms with E-state index in [1.54, 1.807) is 0 Å². The van der Waals surface area contributed by atoms with Gasteiger partial charge in [-0.3, -0.25) is 0 Å². The summed E-state index contributed by atoms with van der Waals surface area (Å²) in [5, 5.41) is 0. The fourth-order valence-corrected chi connectivity index (χ4v) is 2.17. The van der Waals surface area contributed by atoms with Crippen LogP contribution in [0, 0.1) is 0 Å². The van der Waals surface area contributed by atoms with E-state index in [4.69, 9.17) is 11.6 Å². The fraction of sp³-hybridized carbons (Fsp3) is 0.385. The first-order valence-electron chi connectivity index (χ1n) is 5.36. The number of fused-ring (bicyclic) bond motifs is 1. The molecular weight excluding hydrogens is 206 g/mol. The smallest absolute Gasteiger partial charge is 0.0448 e. The first kappa shape index (κ1) is 10.6. The van der Waals surface area contributed by atoms with E-state index in [-0.39, 0.29) is 0 Å². The molecule has 80 valence electrons. The number of aryl methyl sites for hydroxylation is 1. The number of nitrogens with zero attached hydrogens (tertiary/aromatic N) is 1. The highest BCUT2D eigenvalue weighted by Crippen LogP contribution is 2.26. The SMILES string of the molecule is C=C(CCl)CN1CCCc2ccccc21. The Morgan fingerprint density at radius 1 is 1.40 bits per heavy atom. The molecule has 0 N–H and O–H groups in total. The van der Waals surface area contributed by atoms with Crippen molar-refractivity contribution in [1.82, 2.24) is 0 Å². The maximum Gasteiger partial charge on any atom is 0.0448 e. The predicted molar refractivity (Wildman–Crippen MR) is 66.8 cm³/mol. The summed E-state index contributed by atoms with van der Waals surface area (Å²) in [5.41, 5.74) is 3.90. The summed E-state index contributed by atoms with van der Waals surface area (Å²) in [5.74, 6) is 0.554. The molecule has 0 fully saturated rings. The minimum atomic E-state index is 0.554. The number of benzene rings is 1. The van der Waals surface area contributed by atoms with Crippen LogP contribution in [0.5, 0.6) is 0 Å². The van der Waals surface area contributed by atoms with Gasteiger partial charge in [-0.25, -0.2) is 0 Å². The van der Waals surface area contributed by atoms with Gasteiger partial charge in [-0.1, -0.05) is 24.8 Å². The van der Waals surface area contributed by atoms with E-state index < -0.39 is 0 Å². The van der Waals surface area contributed by atoms with E-state index in [2.05, 4.69) is 35.7 Å². The molecule has 0 unspecified atom stereocenters. The van der Waals surface area contributed by atoms with Crippen molar-refractivity contribution in [2.45, 2.75) is 12.8 Å². The number of rotatable bonds is 3. The number of halogens is 1. The van der Waals surface area contributed by atoms with Crippen molar-refractivity contribution in [2.24, 2.45) is 0 Å². The second kappa shape index (κ2) is 4.71. The molecule has 2 heteroatoms. The maximum atomic E-state index is 5.77. The summed E-state index contributed by atoms with van der Waals surface area (Å²) in [6, 6.07) is 8.61. The van der Waals surface area contributed by atoms with Crippen LogP contribution in [0.3, 0.4) is 0 Å². The lowest BCUT2D eigenvalue weighted by atomic mass is 10.0. The van der Waals surface area contributed by atoms with Gasteiger partial charge in [0.05, 0.1) is 0 Å². The molecule has 0 aromatic heterocycles. The second-order valence-electron chi connectivity index (χ2n) is 4.04. The van der Waals surface area contributed by atoms with Crippen LogP contribution in [0.1, 0.15) is 12.0 Å². The highest BCUT2D eigenvalue weighted by molar-refractivity contribution is 6.19. The number of para-hydroxylation sites is 1. The van der Waals surface area contributed by atoms with E-state index in [0.717, 1.165) is 18.7 Å². The van der Waals surface area contributed by atoms with Gasteiger partial charge in [0.25, 0.3) is 0 Å². The minimum absolute atomic E-state index is 0.554. The average molecular weight is 222 g/mol. The zero-order valence-corrected chi connectivity index (χ0v) is 9.63. The molecule has 1 heterocycles. The van der Waals surface area contributed by atoms with Crippen LogP contribution in [-0.2, 0) is 6.42 Å². The minimum Gasteiger partial charge on any atom is -0.367 e. The van der Waals surface area contributed by atoms with Gasteiger partial charge in [-0.15, -0.1) is 11.6 Å². The topological polar surface area (TPSA) is 3.24 Å². The zero-order valence-electron chi connectivity index (χ0n) is 8.88. The maximum absolute atomic E-state index is 5.77. The van der Waals surface area contributed by atoms with Crippen LogP contribution in [-0.4, -0.2) is 19.0 Å². The van der Waals surface area contributed by atoms with Crippen molar-refractivity contribution < 1.29 is 0 Å².